The number of phosphoric ester groups is 1. The number of carboxylic acid groups (broad SMARTS) is 1. The maximum atomic E-state index is 12.6. The van der Waals surface area contributed by atoms with Gasteiger partial charge in [0.05, 0.1) is 13.2 Å². The van der Waals surface area contributed by atoms with Crippen molar-refractivity contribution in [1.82, 2.24) is 0 Å². The topological polar surface area (TPSA) is 189 Å². The monoisotopic (exact) mass is 847 g/mol. The van der Waals surface area contributed by atoms with E-state index in [4.69, 9.17) is 24.8 Å². The number of esters is 2. The summed E-state index contributed by atoms with van der Waals surface area (Å²) in [6.07, 6.45) is 44.9. The zero-order valence-corrected chi connectivity index (χ0v) is 36.7. The van der Waals surface area contributed by atoms with E-state index in [-0.39, 0.29) is 18.6 Å². The van der Waals surface area contributed by atoms with Crippen LogP contribution in [0.3, 0.4) is 0 Å². The molecule has 1 unspecified atom stereocenters. The van der Waals surface area contributed by atoms with E-state index in [0.717, 1.165) is 64.2 Å². The summed E-state index contributed by atoms with van der Waals surface area (Å²) in [4.78, 5) is 57.9. The summed E-state index contributed by atoms with van der Waals surface area (Å²) in [5.41, 5.74) is 5.32. The third kappa shape index (κ3) is 39.6. The van der Waals surface area contributed by atoms with E-state index in [2.05, 4.69) is 67.0 Å². The number of ketones is 1. The van der Waals surface area contributed by atoms with Gasteiger partial charge in [0.15, 0.2) is 11.9 Å². The third-order valence-electron chi connectivity index (χ3n) is 8.61. The van der Waals surface area contributed by atoms with Gasteiger partial charge in [-0.25, -0.2) is 4.57 Å². The molecule has 0 aromatic heterocycles. The predicted octanol–water partition coefficient (Wildman–Crippen LogP) is 10.7. The molecule has 0 amide bonds. The van der Waals surface area contributed by atoms with E-state index >= 15 is 0 Å². The molecular formula is C46H74NO11P. The first-order valence-electron chi connectivity index (χ1n) is 21.6. The standard InChI is InChI=1S/C46H74NO11P/c1-3-5-7-9-11-12-13-14-15-16-17-18-19-20-21-22-24-28-33-37-45(50)58-42(39-56-59(53,54)57-40-43(47)46(51)52)38-55-44(49)36-32-29-25-27-31-35-41(48)34-30-26-23-10-8-6-4-2/h11-12,14-15,17-18,20-21,23-24,26,28,30,34,42-43H,3-10,13,16,19,22,25,27,29,31-33,35-40,47H2,1-2H3,(H,51,52)(H,53,54)/b12-11-,15-14-,18-17-,21-20-,26-23-,28-24-,34-30+/t42-,43+/m1/s1. The molecule has 0 aliphatic carbocycles. The Labute approximate surface area is 354 Å². The second-order valence-corrected chi connectivity index (χ2v) is 15.6. The highest BCUT2D eigenvalue weighted by Gasteiger charge is 2.28. The van der Waals surface area contributed by atoms with Crippen LogP contribution in [-0.2, 0) is 42.3 Å². The summed E-state index contributed by atoms with van der Waals surface area (Å²) < 4.78 is 32.5. The SMILES string of the molecule is CCCCC/C=C\C=C\C(=O)CCCCCCCC(=O)OC[C@H](COP(=O)(O)OC[C@H](N)C(=O)O)OC(=O)CC/C=C\C/C=C\C/C=C\C/C=C\C/C=C\CCCCC. The van der Waals surface area contributed by atoms with Gasteiger partial charge in [-0.1, -0.05) is 138 Å². The molecule has 0 spiro atoms. The fraction of sp³-hybridized carbons (Fsp3) is 0.609. The minimum absolute atomic E-state index is 0.00831. The molecule has 0 saturated heterocycles. The lowest BCUT2D eigenvalue weighted by molar-refractivity contribution is -0.161. The van der Waals surface area contributed by atoms with Gasteiger partial charge < -0.3 is 25.2 Å². The summed E-state index contributed by atoms with van der Waals surface area (Å²) in [5, 5.41) is 8.88. The van der Waals surface area contributed by atoms with Crippen molar-refractivity contribution in [2.75, 3.05) is 19.8 Å². The second kappa shape index (κ2) is 39.8. The van der Waals surface area contributed by atoms with Crippen LogP contribution >= 0.6 is 7.82 Å². The van der Waals surface area contributed by atoms with Gasteiger partial charge in [0, 0.05) is 19.3 Å². The maximum absolute atomic E-state index is 12.6. The van der Waals surface area contributed by atoms with Gasteiger partial charge in [0.1, 0.15) is 12.6 Å². The Bertz CT molecular complexity index is 1380. The molecule has 59 heavy (non-hydrogen) atoms. The average molecular weight is 848 g/mol. The summed E-state index contributed by atoms with van der Waals surface area (Å²) in [7, 11) is -4.77. The molecule has 0 aliphatic heterocycles. The first-order valence-corrected chi connectivity index (χ1v) is 23.1. The second-order valence-electron chi connectivity index (χ2n) is 14.2. The fourth-order valence-corrected chi connectivity index (χ4v) is 5.92. The lowest BCUT2D eigenvalue weighted by atomic mass is 10.1. The van der Waals surface area contributed by atoms with Crippen LogP contribution < -0.4 is 5.73 Å². The van der Waals surface area contributed by atoms with E-state index in [9.17, 15) is 28.6 Å². The summed E-state index contributed by atoms with van der Waals surface area (Å²) in [5.74, 6) is -2.51. The van der Waals surface area contributed by atoms with Crippen molar-refractivity contribution in [3.05, 3.63) is 85.1 Å². The molecule has 0 fully saturated rings. The molecular weight excluding hydrogens is 773 g/mol. The summed E-state index contributed by atoms with van der Waals surface area (Å²) in [6.45, 7) is 2.51. The molecule has 13 heteroatoms. The molecule has 3 atom stereocenters. The van der Waals surface area contributed by atoms with Crippen LogP contribution in [0.5, 0.6) is 0 Å². The number of rotatable bonds is 39. The maximum Gasteiger partial charge on any atom is 0.472 e. The molecule has 0 heterocycles. The van der Waals surface area contributed by atoms with Crippen molar-refractivity contribution < 1.29 is 52.3 Å². The van der Waals surface area contributed by atoms with E-state index in [1.54, 1.807) is 12.2 Å². The largest absolute Gasteiger partial charge is 0.480 e. The molecule has 0 aliphatic rings. The van der Waals surface area contributed by atoms with E-state index < -0.39 is 57.7 Å². The highest BCUT2D eigenvalue weighted by Crippen LogP contribution is 2.43. The molecule has 12 nitrogen and oxygen atoms in total. The van der Waals surface area contributed by atoms with Crippen molar-refractivity contribution in [3.8, 4) is 0 Å². The van der Waals surface area contributed by atoms with Crippen LogP contribution in [0.25, 0.3) is 0 Å². The van der Waals surface area contributed by atoms with E-state index in [0.29, 0.717) is 25.7 Å². The Morgan fingerprint density at radius 2 is 1.08 bits per heavy atom. The summed E-state index contributed by atoms with van der Waals surface area (Å²) >= 11 is 0. The Balaban J connectivity index is 4.60. The van der Waals surface area contributed by atoms with Crippen molar-refractivity contribution in [2.45, 2.75) is 161 Å². The van der Waals surface area contributed by atoms with Crippen LogP contribution in [0.4, 0.5) is 0 Å². The minimum Gasteiger partial charge on any atom is -0.480 e. The molecule has 0 radical (unpaired) electrons. The van der Waals surface area contributed by atoms with Crippen LogP contribution in [0.15, 0.2) is 85.1 Å². The molecule has 0 aromatic carbocycles. The number of phosphoric acid groups is 1. The Hall–Kier alpha value is -3.67. The van der Waals surface area contributed by atoms with Gasteiger partial charge in [-0.05, 0) is 76.7 Å². The lowest BCUT2D eigenvalue weighted by Crippen LogP contribution is -2.34. The van der Waals surface area contributed by atoms with Gasteiger partial charge in [-0.15, -0.1) is 0 Å². The number of nitrogens with two attached hydrogens (primary N) is 1. The van der Waals surface area contributed by atoms with Crippen LogP contribution in [0.2, 0.25) is 0 Å². The number of allylic oxidation sites excluding steroid dienone is 14. The number of hydrogen-bond donors (Lipinski definition) is 3. The number of hydrogen-bond acceptors (Lipinski definition) is 10. The van der Waals surface area contributed by atoms with E-state index in [1.165, 1.54) is 32.1 Å². The quantitative estimate of drug-likeness (QED) is 0.0133. The highest BCUT2D eigenvalue weighted by atomic mass is 31.2. The molecule has 334 valence electrons. The average Bonchev–Trinajstić information content (AvgIpc) is 3.21. The predicted molar refractivity (Wildman–Crippen MR) is 235 cm³/mol. The Morgan fingerprint density at radius 1 is 0.576 bits per heavy atom. The van der Waals surface area contributed by atoms with Gasteiger partial charge in [-0.2, -0.15) is 0 Å². The number of unbranched alkanes of at least 4 members (excludes halogenated alkanes) is 10. The fourth-order valence-electron chi connectivity index (χ4n) is 5.14. The highest BCUT2D eigenvalue weighted by molar-refractivity contribution is 7.47. The van der Waals surface area contributed by atoms with Crippen molar-refractivity contribution in [1.29, 1.82) is 0 Å². The number of carbonyl (C=O) groups is 4. The van der Waals surface area contributed by atoms with Crippen molar-refractivity contribution in [3.63, 3.8) is 0 Å². The molecule has 0 saturated carbocycles. The van der Waals surface area contributed by atoms with Gasteiger partial charge in [0.2, 0.25) is 0 Å². The zero-order chi connectivity index (χ0) is 43.7. The molecule has 0 aromatic rings. The Morgan fingerprint density at radius 3 is 1.66 bits per heavy atom. The van der Waals surface area contributed by atoms with Crippen LogP contribution in [0, 0.1) is 0 Å². The molecule has 0 bridgehead atoms. The number of aliphatic carboxylic acids is 1. The minimum atomic E-state index is -4.77. The normalized spacial score (nSPS) is 14.4. The Kier molecular flexibility index (Phi) is 37.3. The number of ether oxygens (including phenoxy) is 2. The zero-order valence-electron chi connectivity index (χ0n) is 35.8. The van der Waals surface area contributed by atoms with Gasteiger partial charge >= 0.3 is 25.7 Å². The van der Waals surface area contributed by atoms with Crippen molar-refractivity contribution >= 4 is 31.5 Å². The smallest absolute Gasteiger partial charge is 0.472 e. The van der Waals surface area contributed by atoms with Gasteiger partial charge in [0.25, 0.3) is 0 Å². The van der Waals surface area contributed by atoms with Crippen LogP contribution in [0.1, 0.15) is 149 Å². The first-order chi connectivity index (χ1) is 28.5. The molecule has 0 rings (SSSR count). The van der Waals surface area contributed by atoms with Gasteiger partial charge in [-0.3, -0.25) is 28.2 Å². The first kappa shape index (κ1) is 55.3. The number of carboxylic acids is 1. The lowest BCUT2D eigenvalue weighted by Gasteiger charge is -2.20. The molecule has 4 N–H and O–H groups in total. The van der Waals surface area contributed by atoms with Crippen LogP contribution in [-0.4, -0.2) is 65.7 Å². The summed E-state index contributed by atoms with van der Waals surface area (Å²) in [6, 6.07) is -1.55. The van der Waals surface area contributed by atoms with E-state index in [1.807, 2.05) is 24.3 Å². The third-order valence-corrected chi connectivity index (χ3v) is 9.56. The number of carbonyl (C=O) groups excluding carboxylic acids is 3. The van der Waals surface area contributed by atoms with Crippen molar-refractivity contribution in [2.24, 2.45) is 5.73 Å².